The highest BCUT2D eigenvalue weighted by Gasteiger charge is 2.14. The van der Waals surface area contributed by atoms with Gasteiger partial charge in [0.05, 0.1) is 10.8 Å². The van der Waals surface area contributed by atoms with E-state index in [4.69, 9.17) is 5.11 Å². The third kappa shape index (κ3) is 4.41. The van der Waals surface area contributed by atoms with Crippen LogP contribution in [0.4, 0.5) is 0 Å². The largest absolute Gasteiger partial charge is 0.478 e. The van der Waals surface area contributed by atoms with Gasteiger partial charge in [0.15, 0.2) is 0 Å². The Morgan fingerprint density at radius 2 is 2.17 bits per heavy atom. The van der Waals surface area contributed by atoms with Crippen LogP contribution < -0.4 is 5.32 Å². The molecule has 4 nitrogen and oxygen atoms in total. The molecule has 18 heavy (non-hydrogen) atoms. The van der Waals surface area contributed by atoms with Gasteiger partial charge in [-0.05, 0) is 31.5 Å². The van der Waals surface area contributed by atoms with Gasteiger partial charge in [-0.1, -0.05) is 13.0 Å². The Morgan fingerprint density at radius 1 is 1.44 bits per heavy atom. The molecule has 0 aliphatic heterocycles. The van der Waals surface area contributed by atoms with E-state index in [1.807, 2.05) is 13.8 Å². The van der Waals surface area contributed by atoms with Gasteiger partial charge in [0.25, 0.3) is 0 Å². The molecule has 0 heterocycles. The molecule has 0 radical (unpaired) electrons. The number of hydrogen-bond donors (Lipinski definition) is 2. The maximum Gasteiger partial charge on any atom is 0.335 e. The molecule has 5 heteroatoms. The van der Waals surface area contributed by atoms with Gasteiger partial charge < -0.3 is 10.4 Å². The predicted octanol–water partition coefficient (Wildman–Crippen LogP) is 2.39. The summed E-state index contributed by atoms with van der Waals surface area (Å²) in [7, 11) is 0. The zero-order valence-corrected chi connectivity index (χ0v) is 11.3. The number of hydrogen-bond acceptors (Lipinski definition) is 3. The topological polar surface area (TPSA) is 66.4 Å². The van der Waals surface area contributed by atoms with Crippen molar-refractivity contribution in [3.63, 3.8) is 0 Å². The second-order valence-electron chi connectivity index (χ2n) is 3.88. The van der Waals surface area contributed by atoms with E-state index in [1.54, 1.807) is 18.2 Å². The molecule has 0 aromatic heterocycles. The summed E-state index contributed by atoms with van der Waals surface area (Å²) in [5.41, 5.74) is 0.237. The highest BCUT2D eigenvalue weighted by atomic mass is 32.2. The van der Waals surface area contributed by atoms with Crippen molar-refractivity contribution in [1.29, 1.82) is 0 Å². The summed E-state index contributed by atoms with van der Waals surface area (Å²) in [4.78, 5) is 23.3. The third-order valence-corrected chi connectivity index (χ3v) is 3.41. The lowest BCUT2D eigenvalue weighted by Gasteiger charge is -2.11. The summed E-state index contributed by atoms with van der Waals surface area (Å²) in [5, 5.41) is 11.5. The molecule has 98 valence electrons. The van der Waals surface area contributed by atoms with Gasteiger partial charge >= 0.3 is 5.97 Å². The number of rotatable bonds is 6. The van der Waals surface area contributed by atoms with E-state index in [1.165, 1.54) is 17.8 Å². The lowest BCUT2D eigenvalue weighted by Crippen LogP contribution is -2.31. The highest BCUT2D eigenvalue weighted by molar-refractivity contribution is 8.00. The molecule has 0 aliphatic rings. The van der Waals surface area contributed by atoms with Gasteiger partial charge in [0.1, 0.15) is 0 Å². The first-order valence-corrected chi connectivity index (χ1v) is 6.70. The van der Waals surface area contributed by atoms with Crippen LogP contribution in [0.25, 0.3) is 0 Å². The molecule has 1 unspecified atom stereocenters. The number of carbonyl (C=O) groups is 2. The van der Waals surface area contributed by atoms with Gasteiger partial charge in [0, 0.05) is 11.4 Å². The van der Waals surface area contributed by atoms with Gasteiger partial charge in [-0.25, -0.2) is 4.79 Å². The molecule has 1 rings (SSSR count). The summed E-state index contributed by atoms with van der Waals surface area (Å²) in [6.07, 6.45) is 0.900. The molecular formula is C13H17NO3S. The fourth-order valence-electron chi connectivity index (χ4n) is 1.35. The highest BCUT2D eigenvalue weighted by Crippen LogP contribution is 2.24. The second-order valence-corrected chi connectivity index (χ2v) is 5.30. The molecule has 1 atom stereocenters. The Morgan fingerprint density at radius 3 is 2.78 bits per heavy atom. The molecule has 0 spiro atoms. The zero-order chi connectivity index (χ0) is 13.5. The number of amides is 1. The minimum absolute atomic E-state index is 0.0254. The van der Waals surface area contributed by atoms with Crippen LogP contribution in [0.5, 0.6) is 0 Å². The molecule has 1 amide bonds. The Balaban J connectivity index is 2.63. The van der Waals surface area contributed by atoms with Crippen molar-refractivity contribution in [3.8, 4) is 0 Å². The van der Waals surface area contributed by atoms with Crippen LogP contribution >= 0.6 is 11.8 Å². The zero-order valence-electron chi connectivity index (χ0n) is 10.5. The van der Waals surface area contributed by atoms with Crippen LogP contribution in [0.1, 0.15) is 30.6 Å². The number of carboxylic acid groups (broad SMARTS) is 1. The molecule has 0 bridgehead atoms. The van der Waals surface area contributed by atoms with Gasteiger partial charge in [-0.2, -0.15) is 0 Å². The van der Waals surface area contributed by atoms with Crippen molar-refractivity contribution < 1.29 is 14.7 Å². The Bertz CT molecular complexity index is 434. The third-order valence-electron chi connectivity index (χ3n) is 2.31. The first kappa shape index (κ1) is 14.6. The van der Waals surface area contributed by atoms with Gasteiger partial charge in [-0.3, -0.25) is 4.79 Å². The summed E-state index contributed by atoms with van der Waals surface area (Å²) in [6, 6.07) is 6.61. The maximum atomic E-state index is 11.7. The number of thioether (sulfide) groups is 1. The minimum Gasteiger partial charge on any atom is -0.478 e. The first-order valence-electron chi connectivity index (χ1n) is 5.82. The van der Waals surface area contributed by atoms with Crippen molar-refractivity contribution in [2.24, 2.45) is 0 Å². The van der Waals surface area contributed by atoms with E-state index in [0.29, 0.717) is 6.54 Å². The normalized spacial score (nSPS) is 11.9. The lowest BCUT2D eigenvalue weighted by atomic mass is 10.2. The summed E-state index contributed by atoms with van der Waals surface area (Å²) in [5.74, 6) is -0.983. The van der Waals surface area contributed by atoms with E-state index < -0.39 is 5.97 Å². The number of nitrogens with one attached hydrogen (secondary N) is 1. The number of carbonyl (C=O) groups excluding carboxylic acids is 1. The smallest absolute Gasteiger partial charge is 0.335 e. The van der Waals surface area contributed by atoms with Crippen LogP contribution in [-0.4, -0.2) is 28.8 Å². The maximum absolute atomic E-state index is 11.7. The minimum atomic E-state index is -0.958. The SMILES string of the molecule is CCCNC(=O)C(C)Sc1cccc(C(=O)O)c1. The molecular weight excluding hydrogens is 250 g/mol. The summed E-state index contributed by atoms with van der Waals surface area (Å²) < 4.78 is 0. The first-order chi connectivity index (χ1) is 8.54. The van der Waals surface area contributed by atoms with E-state index >= 15 is 0 Å². The molecule has 1 aromatic carbocycles. The fourth-order valence-corrected chi connectivity index (χ4v) is 2.30. The van der Waals surface area contributed by atoms with Crippen molar-refractivity contribution in [2.75, 3.05) is 6.54 Å². The van der Waals surface area contributed by atoms with Gasteiger partial charge in [-0.15, -0.1) is 11.8 Å². The monoisotopic (exact) mass is 267 g/mol. The van der Waals surface area contributed by atoms with Crippen molar-refractivity contribution in [3.05, 3.63) is 29.8 Å². The van der Waals surface area contributed by atoms with E-state index in [9.17, 15) is 9.59 Å². The fraction of sp³-hybridized carbons (Fsp3) is 0.385. The second kappa shape index (κ2) is 7.06. The Kier molecular flexibility index (Phi) is 5.71. The number of benzene rings is 1. The van der Waals surface area contributed by atoms with Crippen LogP contribution in [0, 0.1) is 0 Å². The van der Waals surface area contributed by atoms with Crippen LogP contribution in [0.2, 0.25) is 0 Å². The summed E-state index contributed by atoms with van der Waals surface area (Å²) >= 11 is 1.36. The quantitative estimate of drug-likeness (QED) is 0.777. The average Bonchev–Trinajstić information content (AvgIpc) is 2.36. The lowest BCUT2D eigenvalue weighted by molar-refractivity contribution is -0.120. The molecule has 2 N–H and O–H groups in total. The Labute approximate surface area is 111 Å². The average molecular weight is 267 g/mol. The van der Waals surface area contributed by atoms with Crippen LogP contribution in [0.3, 0.4) is 0 Å². The van der Waals surface area contributed by atoms with E-state index in [0.717, 1.165) is 11.3 Å². The van der Waals surface area contributed by atoms with Crippen LogP contribution in [-0.2, 0) is 4.79 Å². The summed E-state index contributed by atoms with van der Waals surface area (Å²) in [6.45, 7) is 4.47. The van der Waals surface area contributed by atoms with Crippen molar-refractivity contribution in [1.82, 2.24) is 5.32 Å². The molecule has 0 aliphatic carbocycles. The van der Waals surface area contributed by atoms with E-state index in [-0.39, 0.29) is 16.7 Å². The van der Waals surface area contributed by atoms with Crippen LogP contribution in [0.15, 0.2) is 29.2 Å². The molecule has 0 saturated carbocycles. The Hall–Kier alpha value is -1.49. The number of carboxylic acids is 1. The molecule has 0 fully saturated rings. The van der Waals surface area contributed by atoms with E-state index in [2.05, 4.69) is 5.32 Å². The van der Waals surface area contributed by atoms with Crippen molar-refractivity contribution >= 4 is 23.6 Å². The standard InChI is InChI=1S/C13H17NO3S/c1-3-7-14-12(15)9(2)18-11-6-4-5-10(8-11)13(16)17/h4-6,8-9H,3,7H2,1-2H3,(H,14,15)(H,16,17). The molecule has 1 aromatic rings. The molecule has 0 saturated heterocycles. The predicted molar refractivity (Wildman–Crippen MR) is 72.0 cm³/mol. The van der Waals surface area contributed by atoms with Crippen molar-refractivity contribution in [2.45, 2.75) is 30.4 Å². The number of aromatic carboxylic acids is 1. The van der Waals surface area contributed by atoms with Gasteiger partial charge in [0.2, 0.25) is 5.91 Å².